The largest absolute Gasteiger partial charge is 0.494 e. The summed E-state index contributed by atoms with van der Waals surface area (Å²) in [7, 11) is -0.602. The lowest BCUT2D eigenvalue weighted by Crippen LogP contribution is -2.65. The monoisotopic (exact) mass is 376 g/mol. The molecule has 7 heteroatoms. The van der Waals surface area contributed by atoms with Gasteiger partial charge in [-0.3, -0.25) is 0 Å². The summed E-state index contributed by atoms with van der Waals surface area (Å²) in [5, 5.41) is 0. The van der Waals surface area contributed by atoms with E-state index in [4.69, 9.17) is 19.8 Å². The van der Waals surface area contributed by atoms with Gasteiger partial charge in [0, 0.05) is 6.54 Å². The van der Waals surface area contributed by atoms with Crippen LogP contribution in [0.15, 0.2) is 18.2 Å². The molecule has 0 aliphatic carbocycles. The molecule has 0 aromatic heterocycles. The second-order valence-electron chi connectivity index (χ2n) is 9.31. The van der Waals surface area contributed by atoms with Crippen molar-refractivity contribution in [2.75, 3.05) is 26.2 Å². The summed E-state index contributed by atoms with van der Waals surface area (Å²) in [5.41, 5.74) is 6.66. The third-order valence-corrected chi connectivity index (χ3v) is 6.53. The molecule has 27 heavy (non-hydrogen) atoms. The van der Waals surface area contributed by atoms with Crippen LogP contribution < -0.4 is 11.2 Å². The number of hydrogen-bond donors (Lipinski definition) is 1. The van der Waals surface area contributed by atoms with E-state index in [0.29, 0.717) is 12.1 Å². The van der Waals surface area contributed by atoms with E-state index in [1.54, 1.807) is 0 Å². The minimum Gasteiger partial charge on any atom is -0.399 e. The van der Waals surface area contributed by atoms with Crippen LogP contribution >= 0.6 is 0 Å². The molecule has 2 unspecified atom stereocenters. The number of nitrogens with zero attached hydrogens (tertiary/aromatic N) is 1. The van der Waals surface area contributed by atoms with E-state index >= 15 is 0 Å². The number of nitrogens with two attached hydrogens (primary N) is 1. The lowest BCUT2D eigenvalue weighted by molar-refractivity contribution is -0.144. The van der Waals surface area contributed by atoms with Gasteiger partial charge >= 0.3 is 7.12 Å². The fourth-order valence-corrected chi connectivity index (χ4v) is 4.20. The Morgan fingerprint density at radius 3 is 2.30 bits per heavy atom. The van der Waals surface area contributed by atoms with Crippen molar-refractivity contribution in [1.29, 1.82) is 0 Å². The van der Waals surface area contributed by atoms with E-state index < -0.39 is 23.9 Å². The third-order valence-electron chi connectivity index (χ3n) is 6.53. The Morgan fingerprint density at radius 2 is 1.74 bits per heavy atom. The Kier molecular flexibility index (Phi) is 4.67. The molecular formula is C20H30BFN2O3. The van der Waals surface area contributed by atoms with Crippen LogP contribution in [0.4, 0.5) is 4.39 Å². The molecule has 1 aromatic rings. The minimum absolute atomic E-state index is 0.310. The number of halogens is 1. The van der Waals surface area contributed by atoms with Crippen LogP contribution in [0, 0.1) is 5.82 Å². The number of benzene rings is 1. The van der Waals surface area contributed by atoms with Crippen LogP contribution in [-0.4, -0.2) is 55.0 Å². The van der Waals surface area contributed by atoms with Gasteiger partial charge in [0.2, 0.25) is 0 Å². The maximum Gasteiger partial charge on any atom is 0.494 e. The van der Waals surface area contributed by atoms with Gasteiger partial charge in [-0.1, -0.05) is 6.07 Å². The highest BCUT2D eigenvalue weighted by Gasteiger charge is 2.52. The zero-order chi connectivity index (χ0) is 19.4. The number of ether oxygens (including phenoxy) is 1. The molecule has 1 aromatic carbocycles. The van der Waals surface area contributed by atoms with Crippen molar-refractivity contribution >= 4 is 12.6 Å². The zero-order valence-electron chi connectivity index (χ0n) is 16.8. The Hall–Kier alpha value is -0.985. The molecule has 3 aliphatic rings. The second-order valence-corrected chi connectivity index (χ2v) is 9.31. The lowest BCUT2D eigenvalue weighted by Gasteiger charge is -2.48. The van der Waals surface area contributed by atoms with Crippen LogP contribution in [-0.2, 0) is 14.0 Å². The van der Waals surface area contributed by atoms with Crippen LogP contribution in [0.2, 0.25) is 0 Å². The summed E-state index contributed by atoms with van der Waals surface area (Å²) >= 11 is 0. The van der Waals surface area contributed by atoms with E-state index in [-0.39, 0.29) is 11.9 Å². The van der Waals surface area contributed by atoms with Crippen molar-refractivity contribution in [1.82, 2.24) is 4.90 Å². The van der Waals surface area contributed by atoms with Gasteiger partial charge in [0.05, 0.1) is 23.3 Å². The van der Waals surface area contributed by atoms with E-state index in [0.717, 1.165) is 25.2 Å². The summed E-state index contributed by atoms with van der Waals surface area (Å²) in [4.78, 5) is 2.38. The fraction of sp³-hybridized carbons (Fsp3) is 0.700. The first-order valence-corrected chi connectivity index (χ1v) is 9.89. The third kappa shape index (κ3) is 3.45. The van der Waals surface area contributed by atoms with Crippen molar-refractivity contribution in [3.63, 3.8) is 0 Å². The van der Waals surface area contributed by atoms with Gasteiger partial charge in [-0.05, 0) is 76.8 Å². The Labute approximate surface area is 161 Å². The molecule has 2 N–H and O–H groups in total. The molecular weight excluding hydrogens is 346 g/mol. The molecule has 0 saturated carbocycles. The standard InChI is InChI=1S/C20H30BFN2O3/c1-18(2)19(3,4)27-21(26-18)15-9-14(10-16(22)11-15)17-20(23,13-25-17)12-24-7-5-6-8-24/h9-11,17H,5-8,12-13,23H2,1-4H3. The predicted octanol–water partition coefficient (Wildman–Crippen LogP) is 1.99. The van der Waals surface area contributed by atoms with Crippen molar-refractivity contribution < 1.29 is 18.4 Å². The molecule has 2 atom stereocenters. The van der Waals surface area contributed by atoms with Gasteiger partial charge in [0.25, 0.3) is 0 Å². The topological polar surface area (TPSA) is 57.0 Å². The van der Waals surface area contributed by atoms with Gasteiger partial charge < -0.3 is 24.7 Å². The van der Waals surface area contributed by atoms with Gasteiger partial charge in [-0.2, -0.15) is 0 Å². The predicted molar refractivity (Wildman–Crippen MR) is 103 cm³/mol. The first-order chi connectivity index (χ1) is 12.6. The maximum absolute atomic E-state index is 14.4. The first kappa shape index (κ1) is 19.3. The van der Waals surface area contributed by atoms with Crippen LogP contribution in [0.25, 0.3) is 0 Å². The molecule has 3 fully saturated rings. The zero-order valence-corrected chi connectivity index (χ0v) is 16.8. The van der Waals surface area contributed by atoms with E-state index in [1.807, 2.05) is 33.8 Å². The number of rotatable bonds is 4. The highest BCUT2D eigenvalue weighted by atomic mass is 19.1. The van der Waals surface area contributed by atoms with Crippen LogP contribution in [0.5, 0.6) is 0 Å². The van der Waals surface area contributed by atoms with Crippen LogP contribution in [0.1, 0.15) is 52.2 Å². The smallest absolute Gasteiger partial charge is 0.399 e. The molecule has 4 rings (SSSR count). The molecule has 0 spiro atoms. The van der Waals surface area contributed by atoms with Crippen molar-refractivity contribution in [2.24, 2.45) is 5.73 Å². The van der Waals surface area contributed by atoms with Crippen molar-refractivity contribution in [3.05, 3.63) is 29.6 Å². The van der Waals surface area contributed by atoms with Gasteiger partial charge in [0.15, 0.2) is 0 Å². The number of hydrogen-bond acceptors (Lipinski definition) is 5. The van der Waals surface area contributed by atoms with E-state index in [1.165, 1.54) is 25.0 Å². The molecule has 3 saturated heterocycles. The summed E-state index contributed by atoms with van der Waals surface area (Å²) < 4.78 is 32.4. The second kappa shape index (κ2) is 6.53. The molecule has 5 nitrogen and oxygen atoms in total. The normalized spacial score (nSPS) is 32.7. The quantitative estimate of drug-likeness (QED) is 0.815. The molecule has 3 heterocycles. The molecule has 0 radical (unpaired) electrons. The Morgan fingerprint density at radius 1 is 1.11 bits per heavy atom. The summed E-state index contributed by atoms with van der Waals surface area (Å²) in [5.74, 6) is -0.323. The average Bonchev–Trinajstić information content (AvgIpc) is 3.12. The van der Waals surface area contributed by atoms with Gasteiger partial charge in [-0.25, -0.2) is 4.39 Å². The van der Waals surface area contributed by atoms with E-state index in [9.17, 15) is 4.39 Å². The van der Waals surface area contributed by atoms with Gasteiger partial charge in [-0.15, -0.1) is 0 Å². The minimum atomic E-state index is -0.602. The summed E-state index contributed by atoms with van der Waals surface area (Å²) in [6.07, 6.45) is 2.12. The molecule has 0 amide bonds. The van der Waals surface area contributed by atoms with Crippen molar-refractivity contribution in [3.8, 4) is 0 Å². The maximum atomic E-state index is 14.4. The molecule has 0 bridgehead atoms. The average molecular weight is 376 g/mol. The highest BCUT2D eigenvalue weighted by Crippen LogP contribution is 2.40. The fourth-order valence-electron chi connectivity index (χ4n) is 4.20. The Balaban J connectivity index is 1.56. The first-order valence-electron chi connectivity index (χ1n) is 9.89. The lowest BCUT2D eigenvalue weighted by atomic mass is 9.75. The van der Waals surface area contributed by atoms with Crippen molar-refractivity contribution in [2.45, 2.75) is 63.4 Å². The SMILES string of the molecule is CC1(C)OB(c2cc(F)cc(C3OCC3(N)CN3CCCC3)c2)OC1(C)C. The number of likely N-dealkylation sites (tertiary alicyclic amines) is 1. The molecule has 148 valence electrons. The Bertz CT molecular complexity index is 707. The molecule has 3 aliphatic heterocycles. The summed E-state index contributed by atoms with van der Waals surface area (Å²) in [6, 6.07) is 4.91. The van der Waals surface area contributed by atoms with Gasteiger partial charge in [0.1, 0.15) is 11.9 Å². The van der Waals surface area contributed by atoms with E-state index in [2.05, 4.69) is 4.90 Å². The van der Waals surface area contributed by atoms with Crippen LogP contribution in [0.3, 0.4) is 0 Å². The highest BCUT2D eigenvalue weighted by molar-refractivity contribution is 6.62. The summed E-state index contributed by atoms with van der Waals surface area (Å²) in [6.45, 7) is 11.4.